The van der Waals surface area contributed by atoms with E-state index >= 15 is 0 Å². The fraction of sp³-hybridized carbons (Fsp3) is 0.207. The van der Waals surface area contributed by atoms with E-state index in [9.17, 15) is 9.90 Å². The van der Waals surface area contributed by atoms with Crippen LogP contribution in [0.2, 0.25) is 0 Å². The first-order valence-electron chi connectivity index (χ1n) is 11.8. The third-order valence-electron chi connectivity index (χ3n) is 6.56. The summed E-state index contributed by atoms with van der Waals surface area (Å²) in [5.74, 6) is -0.806. The Bertz CT molecular complexity index is 1270. The molecule has 2 heterocycles. The van der Waals surface area contributed by atoms with E-state index < -0.39 is 12.0 Å². The molecule has 0 unspecified atom stereocenters. The third kappa shape index (κ3) is 4.67. The van der Waals surface area contributed by atoms with Gasteiger partial charge in [-0.2, -0.15) is 0 Å². The molecule has 1 aliphatic rings. The molecule has 1 saturated heterocycles. The lowest BCUT2D eigenvalue weighted by molar-refractivity contribution is -0.144. The van der Waals surface area contributed by atoms with Crippen LogP contribution in [-0.4, -0.2) is 58.6 Å². The van der Waals surface area contributed by atoms with Gasteiger partial charge in [0.25, 0.3) is 0 Å². The van der Waals surface area contributed by atoms with E-state index in [1.807, 2.05) is 72.8 Å². The number of nitrogens with one attached hydrogen (secondary N) is 1. The minimum Gasteiger partial charge on any atom is -0.480 e. The highest BCUT2D eigenvalue weighted by Gasteiger charge is 2.34. The van der Waals surface area contributed by atoms with E-state index in [-0.39, 0.29) is 0 Å². The van der Waals surface area contributed by atoms with Gasteiger partial charge in [0.2, 0.25) is 0 Å². The molecule has 0 spiro atoms. The number of hydrogen-bond donors (Lipinski definition) is 2. The summed E-state index contributed by atoms with van der Waals surface area (Å²) in [6.45, 7) is 3.97. The molecule has 3 aromatic carbocycles. The summed E-state index contributed by atoms with van der Waals surface area (Å²) in [6.07, 6.45) is 4.33. The summed E-state index contributed by atoms with van der Waals surface area (Å²) >= 11 is 0. The summed E-state index contributed by atoms with van der Waals surface area (Å²) in [6, 6.07) is 27.6. The molecule has 0 amide bonds. The molecule has 5 nitrogen and oxygen atoms in total. The Hall–Kier alpha value is -3.67. The highest BCUT2D eigenvalue weighted by Crippen LogP contribution is 2.37. The van der Waals surface area contributed by atoms with Gasteiger partial charge in [-0.05, 0) is 17.2 Å². The van der Waals surface area contributed by atoms with E-state index in [1.54, 1.807) is 0 Å². The maximum Gasteiger partial charge on any atom is 0.325 e. The minimum absolute atomic E-state index is 0.701. The molecule has 0 bridgehead atoms. The van der Waals surface area contributed by atoms with Crippen LogP contribution in [0.25, 0.3) is 28.2 Å². The second kappa shape index (κ2) is 10.1. The zero-order chi connectivity index (χ0) is 23.3. The molecule has 2 N–H and O–H groups in total. The molecular weight excluding hydrogens is 422 g/mol. The SMILES string of the molecule is O=C(O)[C@H](c1c(-c2ccccc2)[nH]c2ccccc12)N1CCN(C/C=C/c2ccccc2)CC1. The molecule has 1 aliphatic heterocycles. The monoisotopic (exact) mass is 451 g/mol. The number of aromatic nitrogens is 1. The van der Waals surface area contributed by atoms with Crippen LogP contribution >= 0.6 is 0 Å². The van der Waals surface area contributed by atoms with Crippen molar-refractivity contribution in [2.24, 2.45) is 0 Å². The normalized spacial score (nSPS) is 16.2. The van der Waals surface area contributed by atoms with Crippen LogP contribution in [0, 0.1) is 0 Å². The molecule has 5 rings (SSSR count). The fourth-order valence-corrected chi connectivity index (χ4v) is 4.85. The molecule has 1 atom stereocenters. The number of carboxylic acid groups (broad SMARTS) is 1. The van der Waals surface area contributed by atoms with Crippen molar-refractivity contribution in [3.8, 4) is 11.3 Å². The number of aromatic amines is 1. The van der Waals surface area contributed by atoms with Crippen molar-refractivity contribution >= 4 is 22.9 Å². The van der Waals surface area contributed by atoms with Crippen molar-refractivity contribution in [2.75, 3.05) is 32.7 Å². The summed E-state index contributed by atoms with van der Waals surface area (Å²) in [7, 11) is 0. The number of rotatable bonds is 7. The van der Waals surface area contributed by atoms with E-state index in [1.165, 1.54) is 5.56 Å². The zero-order valence-corrected chi connectivity index (χ0v) is 19.1. The fourth-order valence-electron chi connectivity index (χ4n) is 4.85. The molecule has 0 saturated carbocycles. The molecule has 1 aromatic heterocycles. The molecule has 5 heteroatoms. The predicted molar refractivity (Wildman–Crippen MR) is 138 cm³/mol. The Morgan fingerprint density at radius 2 is 1.53 bits per heavy atom. The van der Waals surface area contributed by atoms with Gasteiger partial charge < -0.3 is 10.1 Å². The lowest BCUT2D eigenvalue weighted by Crippen LogP contribution is -2.49. The van der Waals surface area contributed by atoms with Crippen molar-refractivity contribution < 1.29 is 9.90 Å². The molecule has 0 aliphatic carbocycles. The van der Waals surface area contributed by atoms with Gasteiger partial charge in [0, 0.05) is 49.2 Å². The number of aliphatic carboxylic acids is 1. The van der Waals surface area contributed by atoms with Gasteiger partial charge in [-0.3, -0.25) is 14.6 Å². The average Bonchev–Trinajstić information content (AvgIpc) is 3.25. The van der Waals surface area contributed by atoms with Gasteiger partial charge in [-0.1, -0.05) is 91.0 Å². The second-order valence-electron chi connectivity index (χ2n) is 8.72. The number of hydrogen-bond acceptors (Lipinski definition) is 3. The number of para-hydroxylation sites is 1. The lowest BCUT2D eigenvalue weighted by atomic mass is 9.97. The number of carbonyl (C=O) groups is 1. The van der Waals surface area contributed by atoms with Crippen LogP contribution in [0.4, 0.5) is 0 Å². The topological polar surface area (TPSA) is 59.6 Å². The maximum absolute atomic E-state index is 12.7. The van der Waals surface area contributed by atoms with Gasteiger partial charge in [-0.15, -0.1) is 0 Å². The predicted octanol–water partition coefficient (Wildman–Crippen LogP) is 5.29. The van der Waals surface area contributed by atoms with Crippen molar-refractivity contribution in [2.45, 2.75) is 6.04 Å². The summed E-state index contributed by atoms with van der Waals surface area (Å²) in [5, 5.41) is 11.4. The minimum atomic E-state index is -0.806. The maximum atomic E-state index is 12.7. The van der Waals surface area contributed by atoms with E-state index in [0.29, 0.717) is 13.1 Å². The van der Waals surface area contributed by atoms with E-state index in [0.717, 1.165) is 47.4 Å². The van der Waals surface area contributed by atoms with Crippen LogP contribution in [0.1, 0.15) is 17.2 Å². The van der Waals surface area contributed by atoms with Crippen LogP contribution in [0.15, 0.2) is 91.0 Å². The van der Waals surface area contributed by atoms with Gasteiger partial charge in [0.1, 0.15) is 6.04 Å². The largest absolute Gasteiger partial charge is 0.480 e. The van der Waals surface area contributed by atoms with Crippen molar-refractivity contribution in [3.63, 3.8) is 0 Å². The Kier molecular flexibility index (Phi) is 6.56. The number of nitrogens with zero attached hydrogens (tertiary/aromatic N) is 2. The van der Waals surface area contributed by atoms with Crippen molar-refractivity contribution in [1.29, 1.82) is 0 Å². The number of piperazine rings is 1. The van der Waals surface area contributed by atoms with Gasteiger partial charge in [0.05, 0.1) is 5.69 Å². The smallest absolute Gasteiger partial charge is 0.325 e. The molecule has 172 valence electrons. The lowest BCUT2D eigenvalue weighted by Gasteiger charge is -2.37. The highest BCUT2D eigenvalue weighted by molar-refractivity contribution is 5.95. The Balaban J connectivity index is 1.37. The number of H-pyrrole nitrogens is 1. The zero-order valence-electron chi connectivity index (χ0n) is 19.1. The van der Waals surface area contributed by atoms with Gasteiger partial charge in [-0.25, -0.2) is 0 Å². The van der Waals surface area contributed by atoms with E-state index in [2.05, 4.69) is 39.1 Å². The quantitative estimate of drug-likeness (QED) is 0.401. The molecule has 34 heavy (non-hydrogen) atoms. The summed E-state index contributed by atoms with van der Waals surface area (Å²) in [4.78, 5) is 20.6. The van der Waals surface area contributed by atoms with Gasteiger partial charge >= 0.3 is 5.97 Å². The van der Waals surface area contributed by atoms with Crippen molar-refractivity contribution in [3.05, 3.63) is 102 Å². The highest BCUT2D eigenvalue weighted by atomic mass is 16.4. The molecule has 0 radical (unpaired) electrons. The average molecular weight is 452 g/mol. The molecule has 4 aromatic rings. The van der Waals surface area contributed by atoms with Gasteiger partial charge in [0.15, 0.2) is 0 Å². The summed E-state index contributed by atoms with van der Waals surface area (Å²) in [5.41, 5.74) is 4.91. The van der Waals surface area contributed by atoms with Crippen LogP contribution in [-0.2, 0) is 4.79 Å². The third-order valence-corrected chi connectivity index (χ3v) is 6.56. The van der Waals surface area contributed by atoms with Crippen LogP contribution in [0.5, 0.6) is 0 Å². The Morgan fingerprint density at radius 1 is 0.882 bits per heavy atom. The Labute approximate surface area is 200 Å². The van der Waals surface area contributed by atoms with Crippen molar-refractivity contribution in [1.82, 2.24) is 14.8 Å². The first kappa shape index (κ1) is 22.1. The first-order valence-corrected chi connectivity index (χ1v) is 11.8. The second-order valence-corrected chi connectivity index (χ2v) is 8.72. The Morgan fingerprint density at radius 3 is 2.24 bits per heavy atom. The first-order chi connectivity index (χ1) is 16.7. The van der Waals surface area contributed by atoms with Crippen LogP contribution in [0.3, 0.4) is 0 Å². The molecular formula is C29H29N3O2. The molecule has 1 fully saturated rings. The number of carboxylic acids is 1. The number of benzene rings is 3. The van der Waals surface area contributed by atoms with E-state index in [4.69, 9.17) is 0 Å². The van der Waals surface area contributed by atoms with Crippen LogP contribution < -0.4 is 0 Å². The summed E-state index contributed by atoms with van der Waals surface area (Å²) < 4.78 is 0. The standard InChI is InChI=1S/C29H29N3O2/c33-29(34)28(32-20-18-31(19-21-32)17-9-12-22-10-3-1-4-11-22)26-24-15-7-8-16-25(24)30-27(26)23-13-5-2-6-14-23/h1-16,28,30H,17-21H2,(H,33,34)/b12-9+/t28-/m0/s1. The number of fused-ring (bicyclic) bond motifs is 1.